The van der Waals surface area contributed by atoms with E-state index in [1.165, 1.54) is 12.4 Å². The minimum atomic E-state index is -0.141. The molecule has 36 heavy (non-hydrogen) atoms. The fourth-order valence-electron chi connectivity index (χ4n) is 4.06. The average Bonchev–Trinajstić information content (AvgIpc) is 2.90. The minimum Gasteiger partial charge on any atom is -0.495 e. The highest BCUT2D eigenvalue weighted by Gasteiger charge is 2.31. The van der Waals surface area contributed by atoms with E-state index < -0.39 is 0 Å². The zero-order valence-corrected chi connectivity index (χ0v) is 20.0. The number of hydrogen-bond acceptors (Lipinski definition) is 8. The molecule has 0 spiro atoms. The molecule has 0 bridgehead atoms. The van der Waals surface area contributed by atoms with Gasteiger partial charge in [0, 0.05) is 29.4 Å². The first-order valence-corrected chi connectivity index (χ1v) is 11.4. The van der Waals surface area contributed by atoms with Crippen LogP contribution >= 0.6 is 0 Å². The van der Waals surface area contributed by atoms with Crippen LogP contribution in [0.25, 0.3) is 22.0 Å². The van der Waals surface area contributed by atoms with Crippen LogP contribution in [0.3, 0.4) is 0 Å². The predicted molar refractivity (Wildman–Crippen MR) is 137 cm³/mol. The number of carbonyl (C=O) groups excluding carboxylic acids is 1. The zero-order chi connectivity index (χ0) is 25.1. The third kappa shape index (κ3) is 4.50. The number of fused-ring (bicyclic) bond motifs is 1. The van der Waals surface area contributed by atoms with E-state index in [1.807, 2.05) is 48.7 Å². The lowest BCUT2D eigenvalue weighted by Crippen LogP contribution is -2.55. The fourth-order valence-corrected chi connectivity index (χ4v) is 4.06. The third-order valence-corrected chi connectivity index (χ3v) is 6.00. The largest absolute Gasteiger partial charge is 0.495 e. The summed E-state index contributed by atoms with van der Waals surface area (Å²) >= 11 is 0. The maximum atomic E-state index is 11.8. The Morgan fingerprint density at radius 1 is 1.06 bits per heavy atom. The summed E-state index contributed by atoms with van der Waals surface area (Å²) in [4.78, 5) is 26.5. The van der Waals surface area contributed by atoms with E-state index >= 15 is 0 Å². The molecule has 182 valence electrons. The van der Waals surface area contributed by atoms with Crippen LogP contribution < -0.4 is 19.5 Å². The first-order chi connectivity index (χ1) is 17.6. The van der Waals surface area contributed by atoms with Crippen molar-refractivity contribution in [1.29, 1.82) is 0 Å². The fraction of sp³-hybridized carbons (Fsp3) is 0.185. The summed E-state index contributed by atoms with van der Waals surface area (Å²) in [6, 6.07) is 13.4. The lowest BCUT2D eigenvalue weighted by molar-refractivity contribution is -0.134. The normalized spacial score (nSPS) is 13.1. The van der Waals surface area contributed by atoms with Gasteiger partial charge >= 0.3 is 0 Å². The molecule has 4 aromatic rings. The average molecular weight is 484 g/mol. The van der Waals surface area contributed by atoms with Gasteiger partial charge in [0.05, 0.1) is 38.5 Å². The van der Waals surface area contributed by atoms with E-state index in [2.05, 4.69) is 26.8 Å². The summed E-state index contributed by atoms with van der Waals surface area (Å²) in [5.41, 5.74) is 3.41. The summed E-state index contributed by atoms with van der Waals surface area (Å²) in [5.74, 6) is 2.25. The Hall–Kier alpha value is -4.66. The second kappa shape index (κ2) is 9.91. The Balaban J connectivity index is 1.48. The van der Waals surface area contributed by atoms with Crippen LogP contribution in [0.2, 0.25) is 0 Å². The number of benzene rings is 2. The predicted octanol–water partition coefficient (Wildman–Crippen LogP) is 4.23. The summed E-state index contributed by atoms with van der Waals surface area (Å²) in [7, 11) is 3.20. The van der Waals surface area contributed by atoms with Gasteiger partial charge in [-0.25, -0.2) is 9.97 Å². The van der Waals surface area contributed by atoms with Gasteiger partial charge in [0.15, 0.2) is 11.5 Å². The van der Waals surface area contributed by atoms with Gasteiger partial charge in [-0.1, -0.05) is 18.7 Å². The summed E-state index contributed by atoms with van der Waals surface area (Å²) in [6.07, 6.45) is 6.21. The van der Waals surface area contributed by atoms with Gasteiger partial charge in [-0.2, -0.15) is 0 Å². The van der Waals surface area contributed by atoms with Gasteiger partial charge in [0.25, 0.3) is 0 Å². The number of amides is 1. The van der Waals surface area contributed by atoms with Crippen molar-refractivity contribution in [2.24, 2.45) is 0 Å². The number of nitrogens with zero attached hydrogens (tertiary/aromatic N) is 4. The highest BCUT2D eigenvalue weighted by molar-refractivity contribution is 5.94. The van der Waals surface area contributed by atoms with Crippen LogP contribution in [0, 0.1) is 0 Å². The molecule has 1 fully saturated rings. The highest BCUT2D eigenvalue weighted by atomic mass is 16.5. The third-order valence-electron chi connectivity index (χ3n) is 6.00. The van der Waals surface area contributed by atoms with Gasteiger partial charge < -0.3 is 24.4 Å². The number of likely N-dealkylation sites (tertiary alicyclic amines) is 1. The smallest absolute Gasteiger partial charge is 0.246 e. The number of anilines is 2. The molecule has 0 aliphatic carbocycles. The van der Waals surface area contributed by atoms with Crippen LogP contribution in [-0.4, -0.2) is 59.2 Å². The molecular formula is C27H25N5O4. The topological polar surface area (TPSA) is 98.7 Å². The molecule has 5 rings (SSSR count). The number of carbonyl (C=O) groups is 1. The van der Waals surface area contributed by atoms with Crippen molar-refractivity contribution in [3.63, 3.8) is 0 Å². The van der Waals surface area contributed by atoms with E-state index in [4.69, 9.17) is 14.2 Å². The first kappa shape index (κ1) is 23.1. The maximum absolute atomic E-state index is 11.8. The van der Waals surface area contributed by atoms with Crippen LogP contribution in [0.5, 0.6) is 17.2 Å². The van der Waals surface area contributed by atoms with Crippen molar-refractivity contribution in [1.82, 2.24) is 19.9 Å². The minimum absolute atomic E-state index is 0.109. The molecule has 1 saturated heterocycles. The molecule has 2 aromatic carbocycles. The molecular weight excluding hydrogens is 458 g/mol. The zero-order valence-electron chi connectivity index (χ0n) is 20.0. The molecule has 1 aliphatic rings. The second-order valence-electron chi connectivity index (χ2n) is 8.21. The SMILES string of the molecule is C=CC(=O)N1CC(Oc2cc3c(Nc4cc(-c5cccnc5)ccc4OC)ncnc3cc2OC)C1. The number of methoxy groups -OCH3 is 2. The molecule has 0 radical (unpaired) electrons. The van der Waals surface area contributed by atoms with Crippen LogP contribution in [0.4, 0.5) is 11.5 Å². The van der Waals surface area contributed by atoms with E-state index in [0.717, 1.165) is 22.2 Å². The van der Waals surface area contributed by atoms with Gasteiger partial charge in [0.1, 0.15) is 24.0 Å². The Labute approximate surface area is 208 Å². The molecule has 0 atom stereocenters. The Bertz CT molecular complexity index is 1420. The van der Waals surface area contributed by atoms with Gasteiger partial charge in [0.2, 0.25) is 5.91 Å². The maximum Gasteiger partial charge on any atom is 0.246 e. The second-order valence-corrected chi connectivity index (χ2v) is 8.21. The van der Waals surface area contributed by atoms with Crippen molar-refractivity contribution >= 4 is 28.3 Å². The summed E-state index contributed by atoms with van der Waals surface area (Å²) in [6.45, 7) is 4.50. The van der Waals surface area contributed by atoms with Crippen LogP contribution in [-0.2, 0) is 4.79 Å². The monoisotopic (exact) mass is 483 g/mol. The number of rotatable bonds is 8. The molecule has 2 aromatic heterocycles. The molecule has 1 aliphatic heterocycles. The Morgan fingerprint density at radius 2 is 1.89 bits per heavy atom. The number of aromatic nitrogens is 3. The Morgan fingerprint density at radius 3 is 2.61 bits per heavy atom. The van der Waals surface area contributed by atoms with E-state index in [-0.39, 0.29) is 12.0 Å². The van der Waals surface area contributed by atoms with Crippen molar-refractivity contribution < 1.29 is 19.0 Å². The lowest BCUT2D eigenvalue weighted by Gasteiger charge is -2.38. The first-order valence-electron chi connectivity index (χ1n) is 11.4. The molecule has 1 N–H and O–H groups in total. The van der Waals surface area contributed by atoms with Crippen molar-refractivity contribution in [2.45, 2.75) is 6.10 Å². The number of hydrogen-bond donors (Lipinski definition) is 1. The molecule has 0 unspecified atom stereocenters. The van der Waals surface area contributed by atoms with Crippen LogP contribution in [0.1, 0.15) is 0 Å². The van der Waals surface area contributed by atoms with E-state index in [9.17, 15) is 4.79 Å². The molecule has 9 heteroatoms. The highest BCUT2D eigenvalue weighted by Crippen LogP contribution is 2.38. The summed E-state index contributed by atoms with van der Waals surface area (Å²) in [5, 5.41) is 4.15. The van der Waals surface area contributed by atoms with Crippen LogP contribution in [0.15, 0.2) is 73.8 Å². The number of pyridine rings is 1. The van der Waals surface area contributed by atoms with E-state index in [1.54, 1.807) is 25.3 Å². The van der Waals surface area contributed by atoms with Gasteiger partial charge in [-0.15, -0.1) is 0 Å². The molecule has 1 amide bonds. The molecule has 3 heterocycles. The number of ether oxygens (including phenoxy) is 3. The van der Waals surface area contributed by atoms with Crippen molar-refractivity contribution in [3.05, 3.63) is 73.8 Å². The Kier molecular flexibility index (Phi) is 6.36. The van der Waals surface area contributed by atoms with Gasteiger partial charge in [-0.3, -0.25) is 9.78 Å². The van der Waals surface area contributed by atoms with Crippen molar-refractivity contribution in [3.8, 4) is 28.4 Å². The molecule has 9 nitrogen and oxygen atoms in total. The summed E-state index contributed by atoms with van der Waals surface area (Å²) < 4.78 is 17.3. The quantitative estimate of drug-likeness (QED) is 0.372. The van der Waals surface area contributed by atoms with Crippen molar-refractivity contribution in [2.75, 3.05) is 32.6 Å². The molecule has 0 saturated carbocycles. The standard InChI is InChI=1S/C27H25N5O4/c1-4-26(33)32-14-19(15-32)36-25-11-20-21(12-24(25)35-3)29-16-30-27(20)31-22-10-17(7-8-23(22)34-2)18-6-5-9-28-13-18/h4-13,16,19H,1,14-15H2,2-3H3,(H,29,30,31). The number of nitrogens with one attached hydrogen (secondary N) is 1. The lowest BCUT2D eigenvalue weighted by atomic mass is 10.1. The van der Waals surface area contributed by atoms with Gasteiger partial charge in [-0.05, 0) is 35.9 Å². The van der Waals surface area contributed by atoms with E-state index in [0.29, 0.717) is 41.7 Å².